The first-order chi connectivity index (χ1) is 9.46. The Morgan fingerprint density at radius 3 is 2.50 bits per heavy atom. The van der Waals surface area contributed by atoms with Crippen LogP contribution >= 0.6 is 0 Å². The summed E-state index contributed by atoms with van der Waals surface area (Å²) in [7, 11) is -3.46. The van der Waals surface area contributed by atoms with Gasteiger partial charge in [0.1, 0.15) is 11.5 Å². The lowest BCUT2D eigenvalue weighted by Gasteiger charge is -2.01. The first-order valence-electron chi connectivity index (χ1n) is 6.25. The first kappa shape index (κ1) is 14.6. The third-order valence-electron chi connectivity index (χ3n) is 2.85. The van der Waals surface area contributed by atoms with Crippen LogP contribution in [0.1, 0.15) is 22.6 Å². The smallest absolute Gasteiger partial charge is 0.234 e. The van der Waals surface area contributed by atoms with Crippen LogP contribution in [0.15, 0.2) is 46.2 Å². The molecule has 0 bridgehead atoms. The third kappa shape index (κ3) is 4.08. The molecule has 0 spiro atoms. The second kappa shape index (κ2) is 6.07. The van der Waals surface area contributed by atoms with Gasteiger partial charge in [0.25, 0.3) is 0 Å². The van der Waals surface area contributed by atoms with Crippen LogP contribution in [0.2, 0.25) is 0 Å². The Balaban J connectivity index is 2.01. The molecule has 0 fully saturated rings. The van der Waals surface area contributed by atoms with Gasteiger partial charge < -0.3 is 4.42 Å². The number of aryl methyl sites for hydroxylation is 2. The molecular weight excluding hydrogens is 274 g/mol. The lowest BCUT2D eigenvalue weighted by Crippen LogP contribution is -2.20. The van der Waals surface area contributed by atoms with Gasteiger partial charge in [0.15, 0.2) is 0 Å². The molecular formula is C15H17NO3S. The number of hydrogen-bond donors (Lipinski definition) is 1. The average Bonchev–Trinajstić information content (AvgIpc) is 2.74. The van der Waals surface area contributed by atoms with Gasteiger partial charge in [-0.25, -0.2) is 13.1 Å². The topological polar surface area (TPSA) is 59.3 Å². The normalized spacial score (nSPS) is 12.1. The van der Waals surface area contributed by atoms with Gasteiger partial charge in [0.2, 0.25) is 10.0 Å². The molecule has 5 heteroatoms. The van der Waals surface area contributed by atoms with Gasteiger partial charge >= 0.3 is 0 Å². The average molecular weight is 291 g/mol. The van der Waals surface area contributed by atoms with E-state index in [1.54, 1.807) is 6.08 Å². The lowest BCUT2D eigenvalue weighted by atomic mass is 10.2. The van der Waals surface area contributed by atoms with E-state index in [0.717, 1.165) is 22.6 Å². The zero-order chi connectivity index (χ0) is 14.6. The number of benzene rings is 1. The molecule has 1 aromatic carbocycles. The van der Waals surface area contributed by atoms with E-state index < -0.39 is 10.0 Å². The molecule has 0 atom stereocenters. The molecule has 0 saturated carbocycles. The Labute approximate surface area is 119 Å². The van der Waals surface area contributed by atoms with Gasteiger partial charge in [0.05, 0.1) is 0 Å². The van der Waals surface area contributed by atoms with E-state index in [1.165, 1.54) is 5.41 Å². The quantitative estimate of drug-likeness (QED) is 0.921. The van der Waals surface area contributed by atoms with E-state index >= 15 is 0 Å². The molecule has 0 radical (unpaired) electrons. The highest BCUT2D eigenvalue weighted by atomic mass is 32.2. The SMILES string of the molecule is Cc1cc(CNS(=O)(=O)/C=C/c2ccccc2)c(C)o1. The molecule has 4 nitrogen and oxygen atoms in total. The number of furan rings is 1. The third-order valence-corrected chi connectivity index (χ3v) is 3.89. The summed E-state index contributed by atoms with van der Waals surface area (Å²) in [5, 5.41) is 1.17. The molecule has 1 aromatic heterocycles. The van der Waals surface area contributed by atoms with Crippen molar-refractivity contribution in [1.82, 2.24) is 4.72 Å². The summed E-state index contributed by atoms with van der Waals surface area (Å²) >= 11 is 0. The summed E-state index contributed by atoms with van der Waals surface area (Å²) < 4.78 is 31.6. The molecule has 0 aliphatic heterocycles. The summed E-state index contributed by atoms with van der Waals surface area (Å²) in [5.41, 5.74) is 1.69. The fourth-order valence-electron chi connectivity index (χ4n) is 1.82. The minimum Gasteiger partial charge on any atom is -0.466 e. The van der Waals surface area contributed by atoms with E-state index in [9.17, 15) is 8.42 Å². The summed E-state index contributed by atoms with van der Waals surface area (Å²) in [4.78, 5) is 0. The molecule has 0 unspecified atom stereocenters. The predicted octanol–water partition coefficient (Wildman–Crippen LogP) is 2.99. The fraction of sp³-hybridized carbons (Fsp3) is 0.200. The fourth-order valence-corrected chi connectivity index (χ4v) is 2.61. The van der Waals surface area contributed by atoms with Crippen molar-refractivity contribution in [1.29, 1.82) is 0 Å². The van der Waals surface area contributed by atoms with Crippen LogP contribution in [0, 0.1) is 13.8 Å². The van der Waals surface area contributed by atoms with Crippen LogP contribution in [0.25, 0.3) is 6.08 Å². The molecule has 20 heavy (non-hydrogen) atoms. The van der Waals surface area contributed by atoms with Crippen molar-refractivity contribution in [2.75, 3.05) is 0 Å². The van der Waals surface area contributed by atoms with Crippen LogP contribution in [-0.4, -0.2) is 8.42 Å². The number of nitrogens with one attached hydrogen (secondary N) is 1. The first-order valence-corrected chi connectivity index (χ1v) is 7.79. The van der Waals surface area contributed by atoms with Gasteiger partial charge in [-0.3, -0.25) is 0 Å². The molecule has 0 saturated heterocycles. The highest BCUT2D eigenvalue weighted by Crippen LogP contribution is 2.13. The van der Waals surface area contributed by atoms with Crippen molar-refractivity contribution in [3.8, 4) is 0 Å². The van der Waals surface area contributed by atoms with Crippen molar-refractivity contribution >= 4 is 16.1 Å². The molecule has 1 heterocycles. The second-order valence-corrected chi connectivity index (χ2v) is 6.17. The molecule has 106 valence electrons. The molecule has 2 aromatic rings. The zero-order valence-electron chi connectivity index (χ0n) is 11.5. The van der Waals surface area contributed by atoms with E-state index in [0.29, 0.717) is 0 Å². The number of hydrogen-bond acceptors (Lipinski definition) is 3. The van der Waals surface area contributed by atoms with Crippen LogP contribution in [0.5, 0.6) is 0 Å². The minimum atomic E-state index is -3.46. The molecule has 0 aliphatic rings. The van der Waals surface area contributed by atoms with Crippen LogP contribution in [0.3, 0.4) is 0 Å². The van der Waals surface area contributed by atoms with E-state index in [2.05, 4.69) is 4.72 Å². The van der Waals surface area contributed by atoms with Crippen molar-refractivity contribution < 1.29 is 12.8 Å². The molecule has 1 N–H and O–H groups in total. The maximum Gasteiger partial charge on any atom is 0.234 e. The van der Waals surface area contributed by atoms with Crippen molar-refractivity contribution in [3.05, 3.63) is 64.5 Å². The summed E-state index contributed by atoms with van der Waals surface area (Å²) in [6, 6.07) is 11.1. The summed E-state index contributed by atoms with van der Waals surface area (Å²) in [5.74, 6) is 1.51. The van der Waals surface area contributed by atoms with Crippen molar-refractivity contribution in [2.45, 2.75) is 20.4 Å². The Morgan fingerprint density at radius 1 is 1.20 bits per heavy atom. The van der Waals surface area contributed by atoms with Crippen molar-refractivity contribution in [2.24, 2.45) is 0 Å². The van der Waals surface area contributed by atoms with E-state index in [1.807, 2.05) is 50.2 Å². The Hall–Kier alpha value is -1.85. The van der Waals surface area contributed by atoms with Gasteiger partial charge in [-0.15, -0.1) is 0 Å². The summed E-state index contributed by atoms with van der Waals surface area (Å²) in [6.45, 7) is 3.88. The zero-order valence-corrected chi connectivity index (χ0v) is 12.3. The second-order valence-electron chi connectivity index (χ2n) is 4.52. The van der Waals surface area contributed by atoms with Crippen molar-refractivity contribution in [3.63, 3.8) is 0 Å². The predicted molar refractivity (Wildman–Crippen MR) is 79.4 cm³/mol. The maximum atomic E-state index is 11.9. The largest absolute Gasteiger partial charge is 0.466 e. The van der Waals surface area contributed by atoms with E-state index in [4.69, 9.17) is 4.42 Å². The van der Waals surface area contributed by atoms with Crippen LogP contribution in [0.4, 0.5) is 0 Å². The van der Waals surface area contributed by atoms with Gasteiger partial charge in [-0.2, -0.15) is 0 Å². The standard InChI is InChI=1S/C15H17NO3S/c1-12-10-15(13(2)19-12)11-16-20(17,18)9-8-14-6-4-3-5-7-14/h3-10,16H,11H2,1-2H3/b9-8+. The number of rotatable bonds is 5. The Morgan fingerprint density at radius 2 is 1.90 bits per heavy atom. The van der Waals surface area contributed by atoms with Gasteiger partial charge in [-0.1, -0.05) is 30.3 Å². The maximum absolute atomic E-state index is 11.9. The highest BCUT2D eigenvalue weighted by molar-refractivity contribution is 7.92. The minimum absolute atomic E-state index is 0.227. The molecule has 2 rings (SSSR count). The van der Waals surface area contributed by atoms with Crippen LogP contribution in [-0.2, 0) is 16.6 Å². The van der Waals surface area contributed by atoms with E-state index in [-0.39, 0.29) is 6.54 Å². The molecule has 0 aliphatic carbocycles. The van der Waals surface area contributed by atoms with Gasteiger partial charge in [0, 0.05) is 17.5 Å². The highest BCUT2D eigenvalue weighted by Gasteiger charge is 2.09. The lowest BCUT2D eigenvalue weighted by molar-refractivity contribution is 0.500. The Bertz CT molecular complexity index is 700. The number of sulfonamides is 1. The molecule has 0 amide bonds. The monoisotopic (exact) mass is 291 g/mol. The summed E-state index contributed by atoms with van der Waals surface area (Å²) in [6.07, 6.45) is 1.57. The van der Waals surface area contributed by atoms with Gasteiger partial charge in [-0.05, 0) is 31.6 Å². The van der Waals surface area contributed by atoms with Crippen LogP contribution < -0.4 is 4.72 Å². The Kier molecular flexibility index (Phi) is 4.42.